The predicted octanol–water partition coefficient (Wildman–Crippen LogP) is 3.91. The van der Waals surface area contributed by atoms with E-state index in [1.54, 1.807) is 12.1 Å². The Morgan fingerprint density at radius 1 is 1.08 bits per heavy atom. The van der Waals surface area contributed by atoms with Gasteiger partial charge in [0.05, 0.1) is 5.69 Å². The second-order valence-electron chi connectivity index (χ2n) is 5.26. The van der Waals surface area contributed by atoms with Crippen LogP contribution < -0.4 is 14.8 Å². The first kappa shape index (κ1) is 14.7. The van der Waals surface area contributed by atoms with E-state index in [0.29, 0.717) is 23.1 Å². The van der Waals surface area contributed by atoms with Crippen molar-refractivity contribution >= 4 is 22.4 Å². The summed E-state index contributed by atoms with van der Waals surface area (Å²) < 4.78 is 11.6. The summed E-state index contributed by atoms with van der Waals surface area (Å²) in [5, 5.41) is 5.23. The van der Waals surface area contributed by atoms with Gasteiger partial charge >= 0.3 is 0 Å². The number of benzene rings is 2. The number of para-hydroxylation sites is 2. The summed E-state index contributed by atoms with van der Waals surface area (Å²) in [7, 11) is 0. The van der Waals surface area contributed by atoms with Gasteiger partial charge in [0.15, 0.2) is 22.7 Å². The normalized spacial score (nSPS) is 15.8. The van der Waals surface area contributed by atoms with Crippen molar-refractivity contribution in [2.45, 2.75) is 6.10 Å². The molecule has 0 aliphatic carbocycles. The maximum atomic E-state index is 12.2. The number of hydrogen-bond acceptors (Lipinski definition) is 5. The van der Waals surface area contributed by atoms with Gasteiger partial charge in [0.25, 0.3) is 5.91 Å². The monoisotopic (exact) mass is 338 g/mol. The molecule has 0 saturated carbocycles. The first-order chi connectivity index (χ1) is 11.8. The fraction of sp³-hybridized carbons (Fsp3) is 0.111. The molecule has 0 saturated heterocycles. The third kappa shape index (κ3) is 2.96. The van der Waals surface area contributed by atoms with Gasteiger partial charge in [0, 0.05) is 10.9 Å². The lowest BCUT2D eigenvalue weighted by atomic mass is 10.2. The maximum absolute atomic E-state index is 12.2. The lowest BCUT2D eigenvalue weighted by Gasteiger charge is -2.25. The van der Waals surface area contributed by atoms with Gasteiger partial charge in [-0.25, -0.2) is 4.98 Å². The number of carbonyl (C=O) groups excluding carboxylic acids is 1. The number of rotatable bonds is 3. The molecule has 24 heavy (non-hydrogen) atoms. The number of nitrogens with one attached hydrogen (secondary N) is 1. The number of aromatic nitrogens is 1. The summed E-state index contributed by atoms with van der Waals surface area (Å²) >= 11 is 1.37. The van der Waals surface area contributed by atoms with Gasteiger partial charge in [-0.2, -0.15) is 0 Å². The van der Waals surface area contributed by atoms with Gasteiger partial charge < -0.3 is 9.47 Å². The highest BCUT2D eigenvalue weighted by molar-refractivity contribution is 7.14. The summed E-state index contributed by atoms with van der Waals surface area (Å²) in [6.45, 7) is 0.396. The van der Waals surface area contributed by atoms with Gasteiger partial charge in [0.2, 0.25) is 0 Å². The molecule has 6 heteroatoms. The molecule has 1 atom stereocenters. The van der Waals surface area contributed by atoms with Crippen LogP contribution in [-0.4, -0.2) is 17.5 Å². The smallest absolute Gasteiger partial charge is 0.257 e. The van der Waals surface area contributed by atoms with E-state index >= 15 is 0 Å². The largest absolute Gasteiger partial charge is 0.485 e. The van der Waals surface area contributed by atoms with E-state index in [1.807, 2.05) is 47.8 Å². The molecule has 2 aromatic carbocycles. The molecule has 1 unspecified atom stereocenters. The number of ether oxygens (including phenoxy) is 2. The van der Waals surface area contributed by atoms with Crippen LogP contribution in [0.3, 0.4) is 0 Å². The van der Waals surface area contributed by atoms with Crippen molar-refractivity contribution in [1.29, 1.82) is 0 Å². The number of nitrogens with zero attached hydrogens (tertiary/aromatic N) is 1. The second-order valence-corrected chi connectivity index (χ2v) is 6.12. The first-order valence-electron chi connectivity index (χ1n) is 7.50. The summed E-state index contributed by atoms with van der Waals surface area (Å²) in [5.74, 6) is 1.26. The van der Waals surface area contributed by atoms with Gasteiger partial charge in [-0.15, -0.1) is 11.3 Å². The maximum Gasteiger partial charge on any atom is 0.257 e. The third-order valence-corrected chi connectivity index (χ3v) is 4.39. The zero-order valence-electron chi connectivity index (χ0n) is 12.6. The molecule has 1 aliphatic rings. The summed E-state index contributed by atoms with van der Waals surface area (Å²) in [5.41, 5.74) is 1.35. The average molecular weight is 338 g/mol. The summed E-state index contributed by atoms with van der Waals surface area (Å²) in [6.07, 6.45) is -0.279. The fourth-order valence-corrected chi connectivity index (χ4v) is 3.16. The van der Waals surface area contributed by atoms with E-state index in [1.165, 1.54) is 11.3 Å². The highest BCUT2D eigenvalue weighted by Gasteiger charge is 2.24. The van der Waals surface area contributed by atoms with E-state index in [2.05, 4.69) is 10.3 Å². The highest BCUT2D eigenvalue weighted by atomic mass is 32.1. The Balaban J connectivity index is 1.47. The zero-order valence-corrected chi connectivity index (χ0v) is 13.5. The number of fused-ring (bicyclic) bond motifs is 1. The molecule has 2 heterocycles. The van der Waals surface area contributed by atoms with E-state index in [9.17, 15) is 4.79 Å². The van der Waals surface area contributed by atoms with E-state index in [4.69, 9.17) is 9.47 Å². The van der Waals surface area contributed by atoms with Crippen molar-refractivity contribution in [2.24, 2.45) is 0 Å². The molecule has 120 valence electrons. The number of amides is 1. The van der Waals surface area contributed by atoms with Crippen LogP contribution >= 0.6 is 11.3 Å². The standard InChI is InChI=1S/C18H14N2O3S/c21-17(12-6-2-1-3-7-12)20-18-19-13(11-24-18)16-10-22-14-8-4-5-9-15(14)23-16/h1-9,11,16H,10H2,(H,19,20,21). The number of hydrogen-bond donors (Lipinski definition) is 1. The molecular formula is C18H14N2O3S. The Kier molecular flexibility index (Phi) is 3.88. The molecule has 0 radical (unpaired) electrons. The summed E-state index contributed by atoms with van der Waals surface area (Å²) in [6, 6.07) is 16.6. The topological polar surface area (TPSA) is 60.5 Å². The van der Waals surface area contributed by atoms with E-state index < -0.39 is 0 Å². The summed E-state index contributed by atoms with van der Waals surface area (Å²) in [4.78, 5) is 16.6. The van der Waals surface area contributed by atoms with Crippen molar-refractivity contribution < 1.29 is 14.3 Å². The molecule has 0 fully saturated rings. The fourth-order valence-electron chi connectivity index (χ4n) is 2.42. The minimum Gasteiger partial charge on any atom is -0.485 e. The van der Waals surface area contributed by atoms with Crippen molar-refractivity contribution in [2.75, 3.05) is 11.9 Å². The van der Waals surface area contributed by atoms with Crippen LogP contribution in [0.25, 0.3) is 0 Å². The van der Waals surface area contributed by atoms with Crippen LogP contribution in [0.4, 0.5) is 5.13 Å². The predicted molar refractivity (Wildman–Crippen MR) is 91.8 cm³/mol. The molecule has 1 aliphatic heterocycles. The molecular weight excluding hydrogens is 324 g/mol. The van der Waals surface area contributed by atoms with Gasteiger partial charge in [-0.3, -0.25) is 10.1 Å². The van der Waals surface area contributed by atoms with Crippen molar-refractivity contribution in [3.63, 3.8) is 0 Å². The van der Waals surface area contributed by atoms with Crippen LogP contribution in [0.5, 0.6) is 11.5 Å². The molecule has 0 bridgehead atoms. The van der Waals surface area contributed by atoms with Crippen LogP contribution in [0.2, 0.25) is 0 Å². The van der Waals surface area contributed by atoms with Crippen LogP contribution in [0.1, 0.15) is 22.2 Å². The van der Waals surface area contributed by atoms with Crippen molar-refractivity contribution in [3.8, 4) is 11.5 Å². The van der Waals surface area contributed by atoms with Gasteiger partial charge in [-0.1, -0.05) is 30.3 Å². The Morgan fingerprint density at radius 2 is 1.83 bits per heavy atom. The Labute approximate surface area is 142 Å². The number of carbonyl (C=O) groups is 1. The van der Waals surface area contributed by atoms with Crippen LogP contribution in [-0.2, 0) is 0 Å². The molecule has 5 nitrogen and oxygen atoms in total. The Bertz CT molecular complexity index is 863. The zero-order chi connectivity index (χ0) is 16.4. The molecule has 3 aromatic rings. The number of thiazole rings is 1. The highest BCUT2D eigenvalue weighted by Crippen LogP contribution is 2.36. The molecule has 0 spiro atoms. The third-order valence-electron chi connectivity index (χ3n) is 3.62. The first-order valence-corrected chi connectivity index (χ1v) is 8.38. The van der Waals surface area contributed by atoms with E-state index in [-0.39, 0.29) is 12.0 Å². The Morgan fingerprint density at radius 3 is 2.67 bits per heavy atom. The lowest BCUT2D eigenvalue weighted by molar-refractivity contribution is 0.0888. The molecule has 1 aromatic heterocycles. The van der Waals surface area contributed by atoms with Crippen molar-refractivity contribution in [1.82, 2.24) is 4.98 Å². The molecule has 1 N–H and O–H groups in total. The SMILES string of the molecule is O=C(Nc1nc(C2COc3ccccc3O2)cs1)c1ccccc1. The second kappa shape index (κ2) is 6.33. The molecule has 1 amide bonds. The number of anilines is 1. The Hall–Kier alpha value is -2.86. The van der Waals surface area contributed by atoms with Gasteiger partial charge in [-0.05, 0) is 24.3 Å². The van der Waals surface area contributed by atoms with Crippen LogP contribution in [0.15, 0.2) is 60.0 Å². The average Bonchev–Trinajstić information content (AvgIpc) is 3.10. The van der Waals surface area contributed by atoms with Gasteiger partial charge in [0.1, 0.15) is 6.61 Å². The van der Waals surface area contributed by atoms with Crippen LogP contribution in [0, 0.1) is 0 Å². The minimum absolute atomic E-state index is 0.178. The molecule has 4 rings (SSSR count). The van der Waals surface area contributed by atoms with Crippen molar-refractivity contribution in [3.05, 3.63) is 71.2 Å². The lowest BCUT2D eigenvalue weighted by Crippen LogP contribution is -2.22. The van der Waals surface area contributed by atoms with E-state index in [0.717, 1.165) is 11.4 Å². The minimum atomic E-state index is -0.279. The quantitative estimate of drug-likeness (QED) is 0.786.